The minimum Gasteiger partial charge on any atom is -0.465 e. The van der Waals surface area contributed by atoms with Gasteiger partial charge in [0.2, 0.25) is 0 Å². The standard InChI is InChI=1S/C8H13N5O3/c1-13(3-4-14)12-11-7-6(5-9-10-7)8(15)16-2/h5,14H,3-4H2,1-2H3,(H,9,10)/b12-11+. The van der Waals surface area contributed by atoms with E-state index in [2.05, 4.69) is 25.3 Å². The third-order valence-corrected chi connectivity index (χ3v) is 1.75. The molecule has 0 aliphatic rings. The molecule has 1 aromatic heterocycles. The first kappa shape index (κ1) is 12.1. The third kappa shape index (κ3) is 3.02. The monoisotopic (exact) mass is 227 g/mol. The Morgan fingerprint density at radius 3 is 3.12 bits per heavy atom. The van der Waals surface area contributed by atoms with E-state index in [4.69, 9.17) is 5.11 Å². The zero-order chi connectivity index (χ0) is 12.0. The van der Waals surface area contributed by atoms with Gasteiger partial charge < -0.3 is 9.84 Å². The van der Waals surface area contributed by atoms with Crippen LogP contribution in [0, 0.1) is 0 Å². The molecule has 0 aliphatic carbocycles. The van der Waals surface area contributed by atoms with E-state index in [-0.39, 0.29) is 18.0 Å². The van der Waals surface area contributed by atoms with Gasteiger partial charge in [0.25, 0.3) is 0 Å². The van der Waals surface area contributed by atoms with Crippen LogP contribution in [0.2, 0.25) is 0 Å². The van der Waals surface area contributed by atoms with E-state index in [1.165, 1.54) is 18.3 Å². The Morgan fingerprint density at radius 1 is 1.75 bits per heavy atom. The molecular weight excluding hydrogens is 214 g/mol. The van der Waals surface area contributed by atoms with Crippen LogP contribution in [0.1, 0.15) is 10.4 Å². The van der Waals surface area contributed by atoms with Crippen molar-refractivity contribution in [2.24, 2.45) is 10.3 Å². The number of carbonyl (C=O) groups is 1. The third-order valence-electron chi connectivity index (χ3n) is 1.75. The first-order valence-corrected chi connectivity index (χ1v) is 4.54. The molecule has 1 rings (SSSR count). The summed E-state index contributed by atoms with van der Waals surface area (Å²) >= 11 is 0. The van der Waals surface area contributed by atoms with E-state index < -0.39 is 5.97 Å². The molecule has 1 aromatic rings. The molecule has 0 aromatic carbocycles. The minimum atomic E-state index is -0.535. The summed E-state index contributed by atoms with van der Waals surface area (Å²) in [5, 5.41) is 23.8. The quantitative estimate of drug-likeness (QED) is 0.422. The largest absolute Gasteiger partial charge is 0.465 e. The normalized spacial score (nSPS) is 10.7. The number of aromatic nitrogens is 2. The molecule has 8 nitrogen and oxygen atoms in total. The fourth-order valence-corrected chi connectivity index (χ4v) is 0.925. The van der Waals surface area contributed by atoms with Crippen LogP contribution in [0.25, 0.3) is 0 Å². The van der Waals surface area contributed by atoms with Crippen molar-refractivity contribution in [1.29, 1.82) is 0 Å². The van der Waals surface area contributed by atoms with Crippen LogP contribution in [0.4, 0.5) is 5.82 Å². The second kappa shape index (κ2) is 5.81. The van der Waals surface area contributed by atoms with Crippen molar-refractivity contribution < 1.29 is 14.6 Å². The molecule has 0 saturated carbocycles. The van der Waals surface area contributed by atoms with Gasteiger partial charge in [-0.05, 0) is 0 Å². The first-order valence-electron chi connectivity index (χ1n) is 4.54. The van der Waals surface area contributed by atoms with Crippen molar-refractivity contribution in [2.75, 3.05) is 27.3 Å². The Kier molecular flexibility index (Phi) is 4.40. The summed E-state index contributed by atoms with van der Waals surface area (Å²) in [4.78, 5) is 11.2. The van der Waals surface area contributed by atoms with Crippen molar-refractivity contribution in [3.05, 3.63) is 11.8 Å². The highest BCUT2D eigenvalue weighted by molar-refractivity contribution is 5.93. The van der Waals surface area contributed by atoms with Crippen LogP contribution < -0.4 is 0 Å². The fraction of sp³-hybridized carbons (Fsp3) is 0.500. The number of ether oxygens (including phenoxy) is 1. The Balaban J connectivity index is 2.74. The molecule has 1 heterocycles. The highest BCUT2D eigenvalue weighted by Crippen LogP contribution is 2.16. The molecule has 88 valence electrons. The molecular formula is C8H13N5O3. The van der Waals surface area contributed by atoms with Gasteiger partial charge in [-0.15, -0.1) is 5.11 Å². The molecule has 0 unspecified atom stereocenters. The van der Waals surface area contributed by atoms with Crippen LogP contribution in [-0.2, 0) is 4.74 Å². The molecule has 16 heavy (non-hydrogen) atoms. The molecule has 0 atom stereocenters. The van der Waals surface area contributed by atoms with E-state index in [1.807, 2.05) is 0 Å². The molecule has 0 spiro atoms. The highest BCUT2D eigenvalue weighted by Gasteiger charge is 2.13. The number of likely N-dealkylation sites (N-methyl/N-ethyl adjacent to an activating group) is 1. The fourth-order valence-electron chi connectivity index (χ4n) is 0.925. The summed E-state index contributed by atoms with van der Waals surface area (Å²) < 4.78 is 4.54. The van der Waals surface area contributed by atoms with E-state index in [9.17, 15) is 4.79 Å². The number of aliphatic hydroxyl groups excluding tert-OH is 1. The van der Waals surface area contributed by atoms with E-state index in [1.54, 1.807) is 7.05 Å². The van der Waals surface area contributed by atoms with E-state index >= 15 is 0 Å². The van der Waals surface area contributed by atoms with Crippen molar-refractivity contribution >= 4 is 11.8 Å². The number of H-pyrrole nitrogens is 1. The maximum atomic E-state index is 11.2. The van der Waals surface area contributed by atoms with Gasteiger partial charge in [-0.25, -0.2) is 4.79 Å². The molecule has 8 heteroatoms. The van der Waals surface area contributed by atoms with Crippen molar-refractivity contribution in [1.82, 2.24) is 15.2 Å². The summed E-state index contributed by atoms with van der Waals surface area (Å²) in [6, 6.07) is 0. The molecule has 0 amide bonds. The number of esters is 1. The van der Waals surface area contributed by atoms with Crippen LogP contribution in [-0.4, -0.2) is 53.6 Å². The minimum absolute atomic E-state index is 0.0254. The van der Waals surface area contributed by atoms with Crippen molar-refractivity contribution in [2.45, 2.75) is 0 Å². The summed E-state index contributed by atoms with van der Waals surface area (Å²) in [7, 11) is 2.92. The number of rotatable bonds is 5. The molecule has 0 fully saturated rings. The predicted molar refractivity (Wildman–Crippen MR) is 54.2 cm³/mol. The van der Waals surface area contributed by atoms with Gasteiger partial charge in [0.05, 0.1) is 26.5 Å². The lowest BCUT2D eigenvalue weighted by atomic mass is 10.3. The number of hydrogen-bond donors (Lipinski definition) is 2. The Bertz CT molecular complexity index is 376. The Labute approximate surface area is 91.9 Å². The average molecular weight is 227 g/mol. The maximum absolute atomic E-state index is 11.2. The van der Waals surface area contributed by atoms with Crippen molar-refractivity contribution in [3.63, 3.8) is 0 Å². The van der Waals surface area contributed by atoms with Crippen LogP contribution in [0.5, 0.6) is 0 Å². The van der Waals surface area contributed by atoms with Gasteiger partial charge in [0.15, 0.2) is 5.82 Å². The molecule has 0 aliphatic heterocycles. The van der Waals surface area contributed by atoms with Crippen molar-refractivity contribution in [3.8, 4) is 0 Å². The second-order valence-corrected chi connectivity index (χ2v) is 2.92. The van der Waals surface area contributed by atoms with Crippen LogP contribution >= 0.6 is 0 Å². The van der Waals surface area contributed by atoms with Gasteiger partial charge in [-0.1, -0.05) is 5.22 Å². The van der Waals surface area contributed by atoms with Crippen LogP contribution in [0.3, 0.4) is 0 Å². The summed E-state index contributed by atoms with van der Waals surface area (Å²) in [5.74, 6) is -0.316. The summed E-state index contributed by atoms with van der Waals surface area (Å²) in [6.07, 6.45) is 1.31. The number of hydrogen-bond acceptors (Lipinski definition) is 6. The average Bonchev–Trinajstić information content (AvgIpc) is 2.74. The number of methoxy groups -OCH3 is 1. The molecule has 0 radical (unpaired) electrons. The Hall–Kier alpha value is -1.96. The molecule has 0 bridgehead atoms. The zero-order valence-corrected chi connectivity index (χ0v) is 9.04. The number of nitrogens with zero attached hydrogens (tertiary/aromatic N) is 4. The summed E-state index contributed by atoms with van der Waals surface area (Å²) in [6.45, 7) is 0.327. The first-order chi connectivity index (χ1) is 7.69. The number of aliphatic hydroxyl groups is 1. The highest BCUT2D eigenvalue weighted by atomic mass is 16.5. The lowest BCUT2D eigenvalue weighted by Crippen LogP contribution is -2.14. The maximum Gasteiger partial charge on any atom is 0.343 e. The molecule has 0 saturated heterocycles. The smallest absolute Gasteiger partial charge is 0.343 e. The van der Waals surface area contributed by atoms with Gasteiger partial charge in [-0.3, -0.25) is 10.1 Å². The van der Waals surface area contributed by atoms with E-state index in [0.717, 1.165) is 0 Å². The Morgan fingerprint density at radius 2 is 2.50 bits per heavy atom. The van der Waals surface area contributed by atoms with Gasteiger partial charge in [-0.2, -0.15) is 5.10 Å². The SMILES string of the molecule is COC(=O)c1cn[nH]c1/N=N/N(C)CCO. The lowest BCUT2D eigenvalue weighted by molar-refractivity contribution is 0.0601. The number of carbonyl (C=O) groups excluding carboxylic acids is 1. The number of aromatic amines is 1. The molecule has 2 N–H and O–H groups in total. The van der Waals surface area contributed by atoms with Crippen LogP contribution in [0.15, 0.2) is 16.5 Å². The number of nitrogens with one attached hydrogen (secondary N) is 1. The predicted octanol–water partition coefficient (Wildman–Crippen LogP) is 0.119. The van der Waals surface area contributed by atoms with Gasteiger partial charge in [0.1, 0.15) is 5.56 Å². The summed E-state index contributed by atoms with van der Waals surface area (Å²) in [5.41, 5.74) is 0.212. The van der Waals surface area contributed by atoms with Gasteiger partial charge >= 0.3 is 5.97 Å². The van der Waals surface area contributed by atoms with Gasteiger partial charge in [0, 0.05) is 7.05 Å². The second-order valence-electron chi connectivity index (χ2n) is 2.92. The van der Waals surface area contributed by atoms with E-state index in [0.29, 0.717) is 6.54 Å². The topological polar surface area (TPSA) is 103 Å². The zero-order valence-electron chi connectivity index (χ0n) is 9.04. The lowest BCUT2D eigenvalue weighted by Gasteiger charge is -2.07.